The van der Waals surface area contributed by atoms with E-state index in [1.54, 1.807) is 0 Å². The molecule has 0 heterocycles. The first kappa shape index (κ1) is 12.8. The lowest BCUT2D eigenvalue weighted by Crippen LogP contribution is -2.54. The van der Waals surface area contributed by atoms with E-state index in [0.717, 1.165) is 24.8 Å². The number of fused-ring (bicyclic) bond motifs is 2. The molecule has 3 unspecified atom stereocenters. The van der Waals surface area contributed by atoms with Crippen LogP contribution in [0.4, 0.5) is 0 Å². The second kappa shape index (κ2) is 4.69. The Morgan fingerprint density at radius 3 is 2.63 bits per heavy atom. The van der Waals surface area contributed by atoms with Gasteiger partial charge in [-0.25, -0.2) is 0 Å². The van der Waals surface area contributed by atoms with Crippen LogP contribution < -0.4 is 11.1 Å². The van der Waals surface area contributed by atoms with Crippen LogP contribution in [-0.4, -0.2) is 23.5 Å². The standard InChI is InChI=1S/C14H23N3O2/c15-12(17-19)14(4-1-5-14)13(18)16-8-11-7-9-2-3-10(11)6-9/h9-11,19H,1-8H2,(H2,15,17)(H,16,18). The fourth-order valence-electron chi connectivity index (χ4n) is 4.25. The summed E-state index contributed by atoms with van der Waals surface area (Å²) in [4.78, 5) is 12.3. The molecule has 5 nitrogen and oxygen atoms in total. The van der Waals surface area contributed by atoms with Gasteiger partial charge in [0.15, 0.2) is 5.84 Å². The molecule has 1 amide bonds. The third-order valence-electron chi connectivity index (χ3n) is 5.65. The van der Waals surface area contributed by atoms with Crippen molar-refractivity contribution >= 4 is 11.7 Å². The van der Waals surface area contributed by atoms with Crippen molar-refractivity contribution < 1.29 is 10.0 Å². The number of hydrogen-bond donors (Lipinski definition) is 3. The van der Waals surface area contributed by atoms with Gasteiger partial charge in [0, 0.05) is 6.54 Å². The Labute approximate surface area is 113 Å². The molecule has 3 atom stereocenters. The van der Waals surface area contributed by atoms with Gasteiger partial charge in [0.1, 0.15) is 5.41 Å². The number of carbonyl (C=O) groups is 1. The molecule has 3 aliphatic carbocycles. The maximum absolute atomic E-state index is 12.3. The summed E-state index contributed by atoms with van der Waals surface area (Å²) in [6, 6.07) is 0. The van der Waals surface area contributed by atoms with Crippen molar-refractivity contribution in [3.8, 4) is 0 Å². The molecule has 0 radical (unpaired) electrons. The summed E-state index contributed by atoms with van der Waals surface area (Å²) in [6.45, 7) is 0.764. The van der Waals surface area contributed by atoms with E-state index in [-0.39, 0.29) is 11.7 Å². The number of hydrogen-bond acceptors (Lipinski definition) is 3. The fraction of sp³-hybridized carbons (Fsp3) is 0.857. The second-order valence-corrected chi connectivity index (χ2v) is 6.57. The maximum Gasteiger partial charge on any atom is 0.233 e. The molecular formula is C14H23N3O2. The van der Waals surface area contributed by atoms with Crippen LogP contribution in [0.5, 0.6) is 0 Å². The molecule has 3 rings (SSSR count). The molecule has 3 aliphatic rings. The predicted octanol–water partition coefficient (Wildman–Crippen LogP) is 1.46. The van der Waals surface area contributed by atoms with Crippen molar-refractivity contribution in [1.82, 2.24) is 5.32 Å². The highest BCUT2D eigenvalue weighted by atomic mass is 16.4. The lowest BCUT2D eigenvalue weighted by atomic mass is 9.67. The van der Waals surface area contributed by atoms with E-state index in [2.05, 4.69) is 10.5 Å². The number of carbonyl (C=O) groups excluding carboxylic acids is 1. The number of oxime groups is 1. The fourth-order valence-corrected chi connectivity index (χ4v) is 4.25. The van der Waals surface area contributed by atoms with Crippen molar-refractivity contribution in [2.45, 2.75) is 44.9 Å². The monoisotopic (exact) mass is 265 g/mol. The van der Waals surface area contributed by atoms with Crippen LogP contribution in [0.15, 0.2) is 5.16 Å². The van der Waals surface area contributed by atoms with Gasteiger partial charge in [-0.05, 0) is 49.9 Å². The topological polar surface area (TPSA) is 87.7 Å². The van der Waals surface area contributed by atoms with Crippen LogP contribution in [0, 0.1) is 23.2 Å². The zero-order valence-electron chi connectivity index (χ0n) is 11.3. The van der Waals surface area contributed by atoms with Crippen LogP contribution in [0.25, 0.3) is 0 Å². The molecule has 0 aliphatic heterocycles. The molecule has 106 valence electrons. The number of nitrogens with two attached hydrogens (primary N) is 1. The molecular weight excluding hydrogens is 242 g/mol. The molecule has 0 saturated heterocycles. The summed E-state index contributed by atoms with van der Waals surface area (Å²) in [5, 5.41) is 14.9. The predicted molar refractivity (Wildman–Crippen MR) is 71.6 cm³/mol. The van der Waals surface area contributed by atoms with Gasteiger partial charge >= 0.3 is 0 Å². The highest BCUT2D eigenvalue weighted by Gasteiger charge is 2.49. The summed E-state index contributed by atoms with van der Waals surface area (Å²) >= 11 is 0. The molecule has 3 saturated carbocycles. The highest BCUT2D eigenvalue weighted by Crippen LogP contribution is 2.48. The van der Waals surface area contributed by atoms with E-state index in [4.69, 9.17) is 10.9 Å². The van der Waals surface area contributed by atoms with Crippen LogP contribution in [-0.2, 0) is 4.79 Å². The minimum atomic E-state index is -0.730. The van der Waals surface area contributed by atoms with Gasteiger partial charge < -0.3 is 16.3 Å². The van der Waals surface area contributed by atoms with E-state index >= 15 is 0 Å². The molecule has 3 fully saturated rings. The Balaban J connectivity index is 1.56. The van der Waals surface area contributed by atoms with E-state index in [0.29, 0.717) is 18.8 Å². The van der Waals surface area contributed by atoms with Crippen molar-refractivity contribution in [3.63, 3.8) is 0 Å². The Hall–Kier alpha value is -1.26. The van der Waals surface area contributed by atoms with Crippen molar-refractivity contribution in [1.29, 1.82) is 0 Å². The van der Waals surface area contributed by atoms with Crippen LogP contribution >= 0.6 is 0 Å². The molecule has 5 heteroatoms. The van der Waals surface area contributed by atoms with E-state index in [9.17, 15) is 4.79 Å². The molecule has 4 N–H and O–H groups in total. The van der Waals surface area contributed by atoms with Crippen LogP contribution in [0.3, 0.4) is 0 Å². The summed E-state index contributed by atoms with van der Waals surface area (Å²) in [5.74, 6) is 2.38. The molecule has 0 aromatic carbocycles. The molecule has 0 aromatic heterocycles. The van der Waals surface area contributed by atoms with Gasteiger partial charge in [-0.15, -0.1) is 0 Å². The largest absolute Gasteiger partial charge is 0.409 e. The van der Waals surface area contributed by atoms with Gasteiger partial charge in [0.25, 0.3) is 0 Å². The molecule has 0 spiro atoms. The van der Waals surface area contributed by atoms with Crippen LogP contribution in [0.1, 0.15) is 44.9 Å². The maximum atomic E-state index is 12.3. The Morgan fingerprint density at radius 2 is 2.16 bits per heavy atom. The summed E-state index contributed by atoms with van der Waals surface area (Å²) < 4.78 is 0. The van der Waals surface area contributed by atoms with E-state index < -0.39 is 5.41 Å². The SMILES string of the molecule is NC(=NO)C1(C(=O)NCC2CC3CCC2C3)CCC1. The molecule has 0 aromatic rings. The van der Waals surface area contributed by atoms with Gasteiger partial charge in [-0.3, -0.25) is 4.79 Å². The second-order valence-electron chi connectivity index (χ2n) is 6.57. The summed E-state index contributed by atoms with van der Waals surface area (Å²) in [7, 11) is 0. The highest BCUT2D eigenvalue weighted by molar-refractivity contribution is 6.07. The number of nitrogens with one attached hydrogen (secondary N) is 1. The molecule has 19 heavy (non-hydrogen) atoms. The first-order chi connectivity index (χ1) is 9.15. The minimum Gasteiger partial charge on any atom is -0.409 e. The third kappa shape index (κ3) is 1.99. The Morgan fingerprint density at radius 1 is 1.37 bits per heavy atom. The zero-order chi connectivity index (χ0) is 13.5. The van der Waals surface area contributed by atoms with Gasteiger partial charge in [-0.2, -0.15) is 0 Å². The first-order valence-corrected chi connectivity index (χ1v) is 7.42. The normalized spacial score (nSPS) is 36.0. The van der Waals surface area contributed by atoms with Crippen molar-refractivity contribution in [3.05, 3.63) is 0 Å². The lowest BCUT2D eigenvalue weighted by molar-refractivity contribution is -0.131. The zero-order valence-corrected chi connectivity index (χ0v) is 11.3. The quantitative estimate of drug-likeness (QED) is 0.311. The number of amides is 1. The van der Waals surface area contributed by atoms with Gasteiger partial charge in [0.2, 0.25) is 5.91 Å². The average Bonchev–Trinajstić information content (AvgIpc) is 2.96. The minimum absolute atomic E-state index is 0.0446. The Bertz CT molecular complexity index is 403. The molecule has 2 bridgehead atoms. The van der Waals surface area contributed by atoms with Crippen molar-refractivity contribution in [2.24, 2.45) is 34.1 Å². The third-order valence-corrected chi connectivity index (χ3v) is 5.65. The number of nitrogens with zero attached hydrogens (tertiary/aromatic N) is 1. The smallest absolute Gasteiger partial charge is 0.233 e. The first-order valence-electron chi connectivity index (χ1n) is 7.42. The number of amidine groups is 1. The van der Waals surface area contributed by atoms with Crippen molar-refractivity contribution in [2.75, 3.05) is 6.54 Å². The van der Waals surface area contributed by atoms with Gasteiger partial charge in [-0.1, -0.05) is 18.0 Å². The van der Waals surface area contributed by atoms with Crippen LogP contribution in [0.2, 0.25) is 0 Å². The van der Waals surface area contributed by atoms with Gasteiger partial charge in [0.05, 0.1) is 0 Å². The average molecular weight is 265 g/mol. The number of rotatable bonds is 4. The van der Waals surface area contributed by atoms with E-state index in [1.807, 2.05) is 0 Å². The van der Waals surface area contributed by atoms with E-state index in [1.165, 1.54) is 25.7 Å². The lowest BCUT2D eigenvalue weighted by Gasteiger charge is -2.39. The summed E-state index contributed by atoms with van der Waals surface area (Å²) in [5.41, 5.74) is 4.97. The summed E-state index contributed by atoms with van der Waals surface area (Å²) in [6.07, 6.45) is 7.70. The Kier molecular flexibility index (Phi) is 3.15.